The molecule has 2 fully saturated rings. The van der Waals surface area contributed by atoms with E-state index in [2.05, 4.69) is 0 Å². The number of fused-ring (bicyclic) bond motifs is 1. The van der Waals surface area contributed by atoms with Gasteiger partial charge in [-0.3, -0.25) is 0 Å². The molecule has 48 valence electrons. The number of hydrogen-bond acceptors (Lipinski definition) is 1. The van der Waals surface area contributed by atoms with Gasteiger partial charge in [-0.15, -0.1) is 0 Å². The molecule has 1 aliphatic heterocycles. The van der Waals surface area contributed by atoms with Gasteiger partial charge in [0, 0.05) is 0 Å². The summed E-state index contributed by atoms with van der Waals surface area (Å²) in [5, 5.41) is 0. The van der Waals surface area contributed by atoms with Crippen molar-refractivity contribution in [3.63, 3.8) is 0 Å². The van der Waals surface area contributed by atoms with E-state index in [0.29, 0.717) is 12.2 Å². The van der Waals surface area contributed by atoms with Crippen molar-refractivity contribution in [1.82, 2.24) is 0 Å². The molecule has 2 rings (SSSR count). The fourth-order valence-corrected chi connectivity index (χ4v) is 1.38. The second kappa shape index (κ2) is 4.16. The normalized spacial score (nSPS) is 37.3. The van der Waals surface area contributed by atoms with Crippen LogP contribution in [0.4, 0.5) is 0 Å². The van der Waals surface area contributed by atoms with Crippen molar-refractivity contribution in [2.24, 2.45) is 0 Å². The van der Waals surface area contributed by atoms with Crippen LogP contribution in [0.15, 0.2) is 0 Å². The molecule has 2 aliphatic rings. The Morgan fingerprint density at radius 1 is 1.00 bits per heavy atom. The molecule has 1 saturated heterocycles. The van der Waals surface area contributed by atoms with Gasteiger partial charge in [0.25, 0.3) is 0 Å². The first kappa shape index (κ1) is 10.2. The average Bonchev–Trinajstić information content (AvgIpc) is 2.41. The summed E-state index contributed by atoms with van der Waals surface area (Å²) in [6, 6.07) is 0. The zero-order chi connectivity index (χ0) is 4.69. The monoisotopic (exact) mass is 201 g/mol. The molecule has 3 heteroatoms. The van der Waals surface area contributed by atoms with Crippen LogP contribution in [0.2, 0.25) is 0 Å². The molecule has 0 amide bonds. The minimum absolute atomic E-state index is 0. The second-order valence-electron chi connectivity index (χ2n) is 2.50. The first-order chi connectivity index (χ1) is 3.47. The Morgan fingerprint density at radius 2 is 1.44 bits per heavy atom. The van der Waals surface area contributed by atoms with Crippen LogP contribution in [0, 0.1) is 0 Å². The van der Waals surface area contributed by atoms with Crippen LogP contribution in [0.1, 0.15) is 25.7 Å². The molecule has 0 aromatic rings. The van der Waals surface area contributed by atoms with Crippen molar-refractivity contribution in [3.8, 4) is 0 Å². The van der Waals surface area contributed by atoms with Gasteiger partial charge in [-0.2, -0.15) is 0 Å². The standard InChI is InChI=1S/C6H10O.BrH.Mg/c1-2-4-6-5(3-1)7-6;;/h5-6H,1-4H2;1H;/q;;+2/p-1. The zero-order valence-corrected chi connectivity index (χ0v) is 8.48. The van der Waals surface area contributed by atoms with E-state index in [0.717, 1.165) is 0 Å². The molecular weight excluding hydrogens is 192 g/mol. The van der Waals surface area contributed by atoms with Gasteiger partial charge in [-0.05, 0) is 12.8 Å². The van der Waals surface area contributed by atoms with E-state index in [1.54, 1.807) is 0 Å². The summed E-state index contributed by atoms with van der Waals surface area (Å²) in [5.74, 6) is 0. The molecular formula is C6H10BrMgO+. The molecule has 0 aromatic heterocycles. The van der Waals surface area contributed by atoms with Crippen LogP contribution < -0.4 is 17.0 Å². The molecule has 0 radical (unpaired) electrons. The fourth-order valence-electron chi connectivity index (χ4n) is 1.38. The van der Waals surface area contributed by atoms with Gasteiger partial charge in [0.2, 0.25) is 0 Å². The summed E-state index contributed by atoms with van der Waals surface area (Å²) >= 11 is 0. The van der Waals surface area contributed by atoms with E-state index in [1.807, 2.05) is 0 Å². The van der Waals surface area contributed by atoms with Crippen LogP contribution >= 0.6 is 0 Å². The van der Waals surface area contributed by atoms with Gasteiger partial charge in [0.1, 0.15) is 0 Å². The quantitative estimate of drug-likeness (QED) is 0.325. The van der Waals surface area contributed by atoms with Crippen molar-refractivity contribution < 1.29 is 21.7 Å². The van der Waals surface area contributed by atoms with Gasteiger partial charge >= 0.3 is 23.1 Å². The van der Waals surface area contributed by atoms with E-state index in [4.69, 9.17) is 4.74 Å². The van der Waals surface area contributed by atoms with Gasteiger partial charge in [-0.1, -0.05) is 12.8 Å². The fraction of sp³-hybridized carbons (Fsp3) is 1.00. The number of halogens is 1. The van der Waals surface area contributed by atoms with E-state index >= 15 is 0 Å². The molecule has 1 saturated carbocycles. The molecule has 1 nitrogen and oxygen atoms in total. The van der Waals surface area contributed by atoms with Crippen LogP contribution in [0.5, 0.6) is 0 Å². The maximum atomic E-state index is 5.28. The van der Waals surface area contributed by atoms with Crippen molar-refractivity contribution in [3.05, 3.63) is 0 Å². The Morgan fingerprint density at radius 3 is 1.78 bits per heavy atom. The summed E-state index contributed by atoms with van der Waals surface area (Å²) in [5.41, 5.74) is 0. The third-order valence-corrected chi connectivity index (χ3v) is 1.91. The van der Waals surface area contributed by atoms with Crippen LogP contribution in [-0.2, 0) is 4.74 Å². The molecule has 0 spiro atoms. The number of ether oxygens (including phenoxy) is 1. The molecule has 0 N–H and O–H groups in total. The third-order valence-electron chi connectivity index (χ3n) is 1.91. The van der Waals surface area contributed by atoms with Gasteiger partial charge in [0.05, 0.1) is 12.2 Å². The largest absolute Gasteiger partial charge is 2.00 e. The van der Waals surface area contributed by atoms with Gasteiger partial charge in [-0.25, -0.2) is 0 Å². The molecule has 0 aromatic carbocycles. The van der Waals surface area contributed by atoms with E-state index in [-0.39, 0.29) is 40.0 Å². The van der Waals surface area contributed by atoms with E-state index in [1.165, 1.54) is 25.7 Å². The van der Waals surface area contributed by atoms with Crippen molar-refractivity contribution in [2.45, 2.75) is 37.9 Å². The Hall–Kier alpha value is 1.21. The smallest absolute Gasteiger partial charge is 1.00 e. The third kappa shape index (κ3) is 2.37. The Labute approximate surface area is 82.4 Å². The first-order valence-corrected chi connectivity index (χ1v) is 3.12. The molecule has 2 atom stereocenters. The summed E-state index contributed by atoms with van der Waals surface area (Å²) in [6.45, 7) is 0. The Kier molecular flexibility index (Phi) is 4.72. The molecule has 1 aliphatic carbocycles. The Balaban J connectivity index is 0.000000320. The van der Waals surface area contributed by atoms with Crippen molar-refractivity contribution >= 4 is 23.1 Å². The van der Waals surface area contributed by atoms with E-state index < -0.39 is 0 Å². The van der Waals surface area contributed by atoms with Crippen LogP contribution in [0.3, 0.4) is 0 Å². The SMILES string of the molecule is C1CCC2OC2C1.[Br-].[Mg+2]. The second-order valence-corrected chi connectivity index (χ2v) is 2.50. The maximum Gasteiger partial charge on any atom is 2.00 e. The summed E-state index contributed by atoms with van der Waals surface area (Å²) in [4.78, 5) is 0. The zero-order valence-electron chi connectivity index (χ0n) is 5.48. The van der Waals surface area contributed by atoms with Crippen LogP contribution in [0.25, 0.3) is 0 Å². The van der Waals surface area contributed by atoms with Crippen molar-refractivity contribution in [1.29, 1.82) is 0 Å². The van der Waals surface area contributed by atoms with E-state index in [9.17, 15) is 0 Å². The number of hydrogen-bond donors (Lipinski definition) is 0. The van der Waals surface area contributed by atoms with Gasteiger partial charge < -0.3 is 21.7 Å². The molecule has 1 heterocycles. The summed E-state index contributed by atoms with van der Waals surface area (Å²) in [6.07, 6.45) is 6.89. The molecule has 9 heavy (non-hydrogen) atoms. The first-order valence-electron chi connectivity index (χ1n) is 3.12. The number of epoxide rings is 1. The Bertz CT molecular complexity index is 79.1. The summed E-state index contributed by atoms with van der Waals surface area (Å²) in [7, 11) is 0. The number of rotatable bonds is 0. The average molecular weight is 202 g/mol. The molecule has 0 bridgehead atoms. The predicted octanol–water partition coefficient (Wildman–Crippen LogP) is -2.05. The van der Waals surface area contributed by atoms with Gasteiger partial charge in [0.15, 0.2) is 0 Å². The predicted molar refractivity (Wildman–Crippen MR) is 32.9 cm³/mol. The molecule has 2 unspecified atom stereocenters. The minimum atomic E-state index is 0. The van der Waals surface area contributed by atoms with Crippen LogP contribution in [-0.4, -0.2) is 35.3 Å². The van der Waals surface area contributed by atoms with Crippen molar-refractivity contribution in [2.75, 3.05) is 0 Å². The topological polar surface area (TPSA) is 12.5 Å². The summed E-state index contributed by atoms with van der Waals surface area (Å²) < 4.78 is 5.28. The minimum Gasteiger partial charge on any atom is -1.00 e. The maximum absolute atomic E-state index is 5.28.